The van der Waals surface area contributed by atoms with Gasteiger partial charge in [0.05, 0.1) is 17.5 Å². The van der Waals surface area contributed by atoms with E-state index < -0.39 is 0 Å². The zero-order chi connectivity index (χ0) is 16.1. The van der Waals surface area contributed by atoms with Crippen LogP contribution < -0.4 is 5.32 Å². The van der Waals surface area contributed by atoms with Gasteiger partial charge < -0.3 is 10.1 Å². The molecule has 23 heavy (non-hydrogen) atoms. The van der Waals surface area contributed by atoms with Crippen LogP contribution in [0, 0.1) is 6.92 Å². The molecular weight excluding hydrogens is 310 g/mol. The van der Waals surface area contributed by atoms with Gasteiger partial charge in [-0.15, -0.1) is 0 Å². The molecule has 2 aromatic rings. The van der Waals surface area contributed by atoms with Crippen LogP contribution in [-0.4, -0.2) is 40.5 Å². The number of hydrogen-bond donors (Lipinski definition) is 1. The minimum atomic E-state index is 0.0184. The Labute approximate surface area is 140 Å². The third-order valence-corrected chi connectivity index (χ3v) is 4.83. The highest BCUT2D eigenvalue weighted by Crippen LogP contribution is 2.22. The minimum Gasteiger partial charge on any atom is -0.376 e. The number of aromatic nitrogens is 2. The van der Waals surface area contributed by atoms with E-state index in [-0.39, 0.29) is 12.0 Å². The number of thioether (sulfide) groups is 1. The van der Waals surface area contributed by atoms with Crippen LogP contribution >= 0.6 is 11.8 Å². The molecule has 3 rings (SSSR count). The van der Waals surface area contributed by atoms with E-state index in [1.807, 2.05) is 22.9 Å². The normalized spacial score (nSPS) is 17.3. The third kappa shape index (κ3) is 4.14. The van der Waals surface area contributed by atoms with Gasteiger partial charge in [-0.25, -0.2) is 4.98 Å². The average Bonchev–Trinajstić information content (AvgIpc) is 3.23. The van der Waals surface area contributed by atoms with Crippen molar-refractivity contribution in [3.63, 3.8) is 0 Å². The lowest BCUT2D eigenvalue weighted by Crippen LogP contribution is -2.32. The fourth-order valence-corrected chi connectivity index (χ4v) is 3.42. The van der Waals surface area contributed by atoms with E-state index >= 15 is 0 Å². The fourth-order valence-electron chi connectivity index (χ4n) is 2.63. The number of aryl methyl sites for hydroxylation is 1. The number of carbonyl (C=O) groups is 1. The molecule has 0 radical (unpaired) electrons. The van der Waals surface area contributed by atoms with Crippen molar-refractivity contribution in [2.45, 2.75) is 31.0 Å². The van der Waals surface area contributed by atoms with Crippen LogP contribution in [0.25, 0.3) is 5.69 Å². The van der Waals surface area contributed by atoms with Gasteiger partial charge in [-0.05, 0) is 31.4 Å². The second-order valence-corrected chi connectivity index (χ2v) is 6.54. The first-order chi connectivity index (χ1) is 11.2. The maximum Gasteiger partial charge on any atom is 0.230 e. The second-order valence-electron chi connectivity index (χ2n) is 5.59. The number of imidazole rings is 1. The summed E-state index contributed by atoms with van der Waals surface area (Å²) in [4.78, 5) is 16.3. The Kier molecular flexibility index (Phi) is 5.35. The molecule has 1 aliphatic rings. The van der Waals surface area contributed by atoms with Gasteiger partial charge >= 0.3 is 0 Å². The molecule has 1 amide bonds. The van der Waals surface area contributed by atoms with Crippen LogP contribution in [0.3, 0.4) is 0 Å². The molecule has 1 saturated heterocycles. The first-order valence-electron chi connectivity index (χ1n) is 7.84. The van der Waals surface area contributed by atoms with Crippen LogP contribution in [0.5, 0.6) is 0 Å². The predicted molar refractivity (Wildman–Crippen MR) is 91.0 cm³/mol. The molecule has 6 heteroatoms. The van der Waals surface area contributed by atoms with Crippen molar-refractivity contribution in [2.75, 3.05) is 18.9 Å². The Hall–Kier alpha value is -1.79. The zero-order valence-electron chi connectivity index (χ0n) is 13.2. The smallest absolute Gasteiger partial charge is 0.230 e. The third-order valence-electron chi connectivity index (χ3n) is 3.87. The lowest BCUT2D eigenvalue weighted by molar-refractivity contribution is -0.119. The first kappa shape index (κ1) is 16.1. The van der Waals surface area contributed by atoms with Gasteiger partial charge in [0.2, 0.25) is 5.91 Å². The van der Waals surface area contributed by atoms with Crippen LogP contribution in [-0.2, 0) is 9.53 Å². The van der Waals surface area contributed by atoms with Gasteiger partial charge in [-0.1, -0.05) is 30.0 Å². The standard InChI is InChI=1S/C17H21N3O2S/c1-13-5-2-3-7-15(13)20-9-8-18-17(20)23-12-16(21)19-11-14-6-4-10-22-14/h2-3,5,7-9,14H,4,6,10-12H2,1H3,(H,19,21)/t14-/m0/s1. The molecular formula is C17H21N3O2S. The summed E-state index contributed by atoms with van der Waals surface area (Å²) in [5, 5.41) is 3.76. The van der Waals surface area contributed by atoms with Crippen LogP contribution in [0.4, 0.5) is 0 Å². The number of nitrogens with zero attached hydrogens (tertiary/aromatic N) is 2. The maximum atomic E-state index is 12.0. The summed E-state index contributed by atoms with van der Waals surface area (Å²) < 4.78 is 7.53. The molecule has 2 heterocycles. The zero-order valence-corrected chi connectivity index (χ0v) is 14.0. The summed E-state index contributed by atoms with van der Waals surface area (Å²) >= 11 is 1.45. The van der Waals surface area contributed by atoms with E-state index in [9.17, 15) is 4.79 Å². The summed E-state index contributed by atoms with van der Waals surface area (Å²) in [7, 11) is 0. The topological polar surface area (TPSA) is 56.2 Å². The minimum absolute atomic E-state index is 0.0184. The average molecular weight is 331 g/mol. The van der Waals surface area contributed by atoms with E-state index in [2.05, 4.69) is 29.4 Å². The van der Waals surface area contributed by atoms with E-state index in [1.54, 1.807) is 6.20 Å². The largest absolute Gasteiger partial charge is 0.376 e. The molecule has 0 spiro atoms. The van der Waals surface area contributed by atoms with Crippen molar-refractivity contribution in [2.24, 2.45) is 0 Å². The van der Waals surface area contributed by atoms with Crippen LogP contribution in [0.15, 0.2) is 41.8 Å². The Morgan fingerprint density at radius 1 is 1.48 bits per heavy atom. The highest BCUT2D eigenvalue weighted by Gasteiger charge is 2.16. The van der Waals surface area contributed by atoms with E-state index in [1.165, 1.54) is 17.3 Å². The summed E-state index contributed by atoms with van der Waals surface area (Å²) in [6.07, 6.45) is 5.99. The highest BCUT2D eigenvalue weighted by molar-refractivity contribution is 7.99. The lowest BCUT2D eigenvalue weighted by Gasteiger charge is -2.12. The van der Waals surface area contributed by atoms with Crippen molar-refractivity contribution < 1.29 is 9.53 Å². The van der Waals surface area contributed by atoms with E-state index in [0.717, 1.165) is 30.3 Å². The predicted octanol–water partition coefficient (Wildman–Crippen LogP) is 2.57. The number of amides is 1. The molecule has 1 N–H and O–H groups in total. The van der Waals surface area contributed by atoms with Gasteiger partial charge in [0.15, 0.2) is 5.16 Å². The van der Waals surface area contributed by atoms with Gasteiger partial charge in [0, 0.05) is 25.5 Å². The van der Waals surface area contributed by atoms with Gasteiger partial charge in [0.1, 0.15) is 0 Å². The second kappa shape index (κ2) is 7.66. The lowest BCUT2D eigenvalue weighted by atomic mass is 10.2. The molecule has 0 unspecified atom stereocenters. The van der Waals surface area contributed by atoms with Crippen molar-refractivity contribution in [1.82, 2.24) is 14.9 Å². The Morgan fingerprint density at radius 3 is 3.13 bits per heavy atom. The van der Waals surface area contributed by atoms with Crippen molar-refractivity contribution in [3.05, 3.63) is 42.2 Å². The van der Waals surface area contributed by atoms with Gasteiger partial charge in [-0.2, -0.15) is 0 Å². The number of hydrogen-bond acceptors (Lipinski definition) is 4. The molecule has 1 aromatic carbocycles. The monoisotopic (exact) mass is 331 g/mol. The summed E-state index contributed by atoms with van der Waals surface area (Å²) in [6.45, 7) is 3.48. The summed E-state index contributed by atoms with van der Waals surface area (Å²) in [5.41, 5.74) is 2.27. The molecule has 1 atom stereocenters. The van der Waals surface area contributed by atoms with Crippen molar-refractivity contribution in [1.29, 1.82) is 0 Å². The van der Waals surface area contributed by atoms with Crippen LogP contribution in [0.2, 0.25) is 0 Å². The van der Waals surface area contributed by atoms with Crippen molar-refractivity contribution >= 4 is 17.7 Å². The van der Waals surface area contributed by atoms with E-state index in [0.29, 0.717) is 12.3 Å². The SMILES string of the molecule is Cc1ccccc1-n1ccnc1SCC(=O)NC[C@@H]1CCCO1. The highest BCUT2D eigenvalue weighted by atomic mass is 32.2. The van der Waals surface area contributed by atoms with E-state index in [4.69, 9.17) is 4.74 Å². The van der Waals surface area contributed by atoms with Gasteiger partial charge in [-0.3, -0.25) is 9.36 Å². The molecule has 1 fully saturated rings. The maximum absolute atomic E-state index is 12.0. The molecule has 1 aromatic heterocycles. The first-order valence-corrected chi connectivity index (χ1v) is 8.83. The van der Waals surface area contributed by atoms with Gasteiger partial charge in [0.25, 0.3) is 0 Å². The summed E-state index contributed by atoms with van der Waals surface area (Å²) in [6, 6.07) is 8.14. The molecule has 0 bridgehead atoms. The number of ether oxygens (including phenoxy) is 1. The quantitative estimate of drug-likeness (QED) is 0.827. The number of nitrogens with one attached hydrogen (secondary N) is 1. The van der Waals surface area contributed by atoms with Crippen molar-refractivity contribution in [3.8, 4) is 5.69 Å². The summed E-state index contributed by atoms with van der Waals surface area (Å²) in [5.74, 6) is 0.375. The number of rotatable bonds is 6. The number of benzene rings is 1. The number of carbonyl (C=O) groups excluding carboxylic acids is 1. The number of para-hydroxylation sites is 1. The molecule has 122 valence electrons. The Bertz CT molecular complexity index is 665. The molecule has 1 aliphatic heterocycles. The molecule has 5 nitrogen and oxygen atoms in total. The Balaban J connectivity index is 1.55. The Morgan fingerprint density at radius 2 is 2.35 bits per heavy atom. The fraction of sp³-hybridized carbons (Fsp3) is 0.412. The molecule has 0 saturated carbocycles. The van der Waals surface area contributed by atoms with Crippen LogP contribution in [0.1, 0.15) is 18.4 Å². The molecule has 0 aliphatic carbocycles.